The van der Waals surface area contributed by atoms with Crippen molar-refractivity contribution in [1.82, 2.24) is 19.4 Å². The Morgan fingerprint density at radius 2 is 2.00 bits per heavy atom. The number of rotatable bonds is 3. The molecule has 0 saturated carbocycles. The van der Waals surface area contributed by atoms with Gasteiger partial charge in [0.2, 0.25) is 5.91 Å². The Hall–Kier alpha value is -2.48. The molecule has 3 aliphatic heterocycles. The number of nitro groups is 1. The zero-order chi connectivity index (χ0) is 19.3. The van der Waals surface area contributed by atoms with Gasteiger partial charge in [-0.15, -0.1) is 0 Å². The van der Waals surface area contributed by atoms with Crippen molar-refractivity contribution < 1.29 is 9.72 Å². The van der Waals surface area contributed by atoms with Gasteiger partial charge in [0.1, 0.15) is 12.4 Å². The number of amides is 1. The fourth-order valence-corrected chi connectivity index (χ4v) is 5.31. The summed E-state index contributed by atoms with van der Waals surface area (Å²) in [4.78, 5) is 32.7. The van der Waals surface area contributed by atoms with Crippen molar-refractivity contribution in [3.8, 4) is 0 Å². The number of imidazole rings is 1. The van der Waals surface area contributed by atoms with Gasteiger partial charge in [0.15, 0.2) is 0 Å². The summed E-state index contributed by atoms with van der Waals surface area (Å²) in [7, 11) is 0. The maximum Gasteiger partial charge on any atom is 0.271 e. The maximum absolute atomic E-state index is 12.9. The Morgan fingerprint density at radius 1 is 1.14 bits per heavy atom. The molecule has 2 aromatic rings. The lowest BCUT2D eigenvalue weighted by molar-refractivity contribution is -0.384. The Morgan fingerprint density at radius 3 is 2.86 bits per heavy atom. The van der Waals surface area contributed by atoms with Crippen LogP contribution in [0.15, 0.2) is 18.2 Å². The number of carbonyl (C=O) groups is 1. The molecular formula is C20H25N5O3. The van der Waals surface area contributed by atoms with Crippen LogP contribution in [-0.2, 0) is 17.9 Å². The first-order valence-electron chi connectivity index (χ1n) is 10.3. The highest BCUT2D eigenvalue weighted by Crippen LogP contribution is 2.32. The molecule has 0 bridgehead atoms. The number of piperidine rings is 2. The van der Waals surface area contributed by atoms with Crippen LogP contribution >= 0.6 is 0 Å². The first-order chi connectivity index (χ1) is 13.6. The number of nitrogens with zero attached hydrogens (tertiary/aromatic N) is 5. The third-order valence-electron chi connectivity index (χ3n) is 6.68. The average molecular weight is 383 g/mol. The van der Waals surface area contributed by atoms with Gasteiger partial charge in [0, 0.05) is 24.7 Å². The topological polar surface area (TPSA) is 84.5 Å². The molecule has 148 valence electrons. The number of non-ortho nitro benzene ring substituents is 1. The maximum atomic E-state index is 12.9. The minimum absolute atomic E-state index is 0.0331. The van der Waals surface area contributed by atoms with Crippen molar-refractivity contribution in [1.29, 1.82) is 0 Å². The second-order valence-electron chi connectivity index (χ2n) is 8.32. The largest absolute Gasteiger partial charge is 0.333 e. The van der Waals surface area contributed by atoms with E-state index in [1.54, 1.807) is 6.07 Å². The van der Waals surface area contributed by atoms with Crippen molar-refractivity contribution in [2.24, 2.45) is 5.92 Å². The Balaban J connectivity index is 1.38. The number of aromatic nitrogens is 2. The Labute approximate surface area is 163 Å². The average Bonchev–Trinajstić information content (AvgIpc) is 3.05. The zero-order valence-electron chi connectivity index (χ0n) is 15.9. The first kappa shape index (κ1) is 17.6. The van der Waals surface area contributed by atoms with E-state index in [0.29, 0.717) is 24.0 Å². The highest BCUT2D eigenvalue weighted by molar-refractivity contribution is 5.84. The van der Waals surface area contributed by atoms with Crippen LogP contribution < -0.4 is 0 Å². The third-order valence-corrected chi connectivity index (χ3v) is 6.68. The molecule has 1 aromatic heterocycles. The number of hydrogen-bond donors (Lipinski definition) is 0. The summed E-state index contributed by atoms with van der Waals surface area (Å²) < 4.78 is 1.91. The summed E-state index contributed by atoms with van der Waals surface area (Å²) in [6.45, 7) is 3.95. The molecule has 1 amide bonds. The third kappa shape index (κ3) is 2.96. The predicted octanol–water partition coefficient (Wildman–Crippen LogP) is 2.55. The number of nitro benzene ring substituents is 1. The van der Waals surface area contributed by atoms with Gasteiger partial charge >= 0.3 is 0 Å². The van der Waals surface area contributed by atoms with E-state index in [2.05, 4.69) is 9.88 Å². The van der Waals surface area contributed by atoms with Crippen molar-refractivity contribution >= 4 is 22.6 Å². The molecule has 3 aliphatic rings. The van der Waals surface area contributed by atoms with E-state index >= 15 is 0 Å². The Bertz CT molecular complexity index is 937. The van der Waals surface area contributed by atoms with Crippen molar-refractivity contribution in [3.63, 3.8) is 0 Å². The van der Waals surface area contributed by atoms with Crippen LogP contribution in [0.1, 0.15) is 37.9 Å². The Kier molecular flexibility index (Phi) is 4.30. The molecule has 0 aliphatic carbocycles. The summed E-state index contributed by atoms with van der Waals surface area (Å²) >= 11 is 0. The van der Waals surface area contributed by atoms with Crippen molar-refractivity contribution in [3.05, 3.63) is 34.1 Å². The molecule has 28 heavy (non-hydrogen) atoms. The molecule has 8 heteroatoms. The summed E-state index contributed by atoms with van der Waals surface area (Å²) in [5.41, 5.74) is 1.42. The van der Waals surface area contributed by atoms with E-state index in [-0.39, 0.29) is 18.1 Å². The summed E-state index contributed by atoms with van der Waals surface area (Å²) in [5, 5.41) is 11.0. The summed E-state index contributed by atoms with van der Waals surface area (Å²) in [5.74, 6) is 1.49. The molecule has 0 radical (unpaired) electrons. The molecule has 0 unspecified atom stereocenters. The van der Waals surface area contributed by atoms with Crippen LogP contribution in [0.25, 0.3) is 11.0 Å². The lowest BCUT2D eigenvalue weighted by Gasteiger charge is -2.46. The molecule has 8 nitrogen and oxygen atoms in total. The van der Waals surface area contributed by atoms with E-state index in [1.807, 2.05) is 9.47 Å². The van der Waals surface area contributed by atoms with E-state index < -0.39 is 4.92 Å². The molecule has 2 saturated heterocycles. The quantitative estimate of drug-likeness (QED) is 0.601. The molecule has 4 heterocycles. The minimum Gasteiger partial charge on any atom is -0.333 e. The highest BCUT2D eigenvalue weighted by atomic mass is 16.6. The molecule has 0 N–H and O–H groups in total. The van der Waals surface area contributed by atoms with Crippen LogP contribution in [0, 0.1) is 16.0 Å². The van der Waals surface area contributed by atoms with Crippen molar-refractivity contribution in [2.75, 3.05) is 19.6 Å². The van der Waals surface area contributed by atoms with Crippen LogP contribution in [0.3, 0.4) is 0 Å². The smallest absolute Gasteiger partial charge is 0.271 e. The lowest BCUT2D eigenvalue weighted by atomic mass is 9.83. The number of carbonyl (C=O) groups excluding carboxylic acids is 1. The molecule has 1 aromatic carbocycles. The predicted molar refractivity (Wildman–Crippen MR) is 104 cm³/mol. The molecule has 5 rings (SSSR count). The standard InChI is InChI=1S/C20H25N5O3/c26-20-13-24-18-7-6-15(25(27)28)10-16(18)21-19(24)12-23(20)11-14-4-3-9-22-8-2-1-5-17(14)22/h6-7,10,14,17H,1-5,8-9,11-13H2/t14-,17+/m0/s1. The van der Waals surface area contributed by atoms with Gasteiger partial charge in [-0.25, -0.2) is 4.98 Å². The molecular weight excluding hydrogens is 358 g/mol. The van der Waals surface area contributed by atoms with E-state index in [4.69, 9.17) is 0 Å². The van der Waals surface area contributed by atoms with Gasteiger partial charge in [-0.3, -0.25) is 14.9 Å². The van der Waals surface area contributed by atoms with E-state index in [9.17, 15) is 14.9 Å². The van der Waals surface area contributed by atoms with Gasteiger partial charge < -0.3 is 14.4 Å². The van der Waals surface area contributed by atoms with Crippen LogP contribution in [-0.4, -0.2) is 55.9 Å². The first-order valence-corrected chi connectivity index (χ1v) is 10.3. The zero-order valence-corrected chi connectivity index (χ0v) is 15.9. The number of hydrogen-bond acceptors (Lipinski definition) is 5. The summed E-state index contributed by atoms with van der Waals surface area (Å²) in [6, 6.07) is 5.29. The molecule has 0 spiro atoms. The highest BCUT2D eigenvalue weighted by Gasteiger charge is 2.36. The van der Waals surface area contributed by atoms with Gasteiger partial charge in [0.25, 0.3) is 5.69 Å². The second kappa shape index (κ2) is 6.84. The second-order valence-corrected chi connectivity index (χ2v) is 8.32. The lowest BCUT2D eigenvalue weighted by Crippen LogP contribution is -2.52. The molecule has 2 atom stereocenters. The van der Waals surface area contributed by atoms with E-state index in [1.165, 1.54) is 57.3 Å². The van der Waals surface area contributed by atoms with Crippen molar-refractivity contribution in [2.45, 2.75) is 51.2 Å². The minimum atomic E-state index is -0.409. The molecule has 2 fully saturated rings. The number of benzene rings is 1. The SMILES string of the molecule is O=C1Cn2c(nc3cc([N+](=O)[O-])ccc32)CN1C[C@@H]1CCCN2CCCC[C@H]12. The fourth-order valence-electron chi connectivity index (χ4n) is 5.31. The van der Waals surface area contributed by atoms with Gasteiger partial charge in [-0.1, -0.05) is 6.42 Å². The fraction of sp³-hybridized carbons (Fsp3) is 0.600. The summed E-state index contributed by atoms with van der Waals surface area (Å²) in [6.07, 6.45) is 6.23. The van der Waals surface area contributed by atoms with E-state index in [0.717, 1.165) is 17.9 Å². The normalized spacial score (nSPS) is 25.6. The monoisotopic (exact) mass is 383 g/mol. The van der Waals surface area contributed by atoms with Gasteiger partial charge in [-0.2, -0.15) is 0 Å². The van der Waals surface area contributed by atoms with Crippen LogP contribution in [0.5, 0.6) is 0 Å². The van der Waals surface area contributed by atoms with Gasteiger partial charge in [-0.05, 0) is 50.8 Å². The van der Waals surface area contributed by atoms with Crippen LogP contribution in [0.2, 0.25) is 0 Å². The van der Waals surface area contributed by atoms with Gasteiger partial charge in [0.05, 0.1) is 22.5 Å². The number of fused-ring (bicyclic) bond motifs is 4. The van der Waals surface area contributed by atoms with Crippen LogP contribution in [0.4, 0.5) is 5.69 Å².